The second-order valence-corrected chi connectivity index (χ2v) is 7.81. The van der Waals surface area contributed by atoms with Crippen LogP contribution in [0, 0.1) is 5.92 Å². The molecule has 0 saturated carbocycles. The molecule has 2 fully saturated rings. The van der Waals surface area contributed by atoms with Gasteiger partial charge in [-0.1, -0.05) is 0 Å². The third kappa shape index (κ3) is 5.86. The summed E-state index contributed by atoms with van der Waals surface area (Å²) in [7, 11) is 1.87. The lowest BCUT2D eigenvalue weighted by atomic mass is 10.0. The number of anilines is 1. The van der Waals surface area contributed by atoms with E-state index in [1.165, 1.54) is 5.00 Å². The van der Waals surface area contributed by atoms with Crippen LogP contribution in [0.4, 0.5) is 5.00 Å². The summed E-state index contributed by atoms with van der Waals surface area (Å²) >= 11 is 1.82. The molecule has 146 valence electrons. The number of guanidine groups is 1. The maximum Gasteiger partial charge on any atom is 0.193 e. The summed E-state index contributed by atoms with van der Waals surface area (Å²) in [5.74, 6) is 1.70. The average molecular weight is 381 g/mol. The molecule has 7 heteroatoms. The number of piperazine rings is 1. The number of thiophene rings is 1. The molecule has 0 radical (unpaired) electrons. The minimum Gasteiger partial charge on any atom is -0.381 e. The third-order valence-electron chi connectivity index (χ3n) is 5.05. The molecule has 0 unspecified atom stereocenters. The molecule has 1 aromatic rings. The van der Waals surface area contributed by atoms with E-state index in [0.29, 0.717) is 5.92 Å². The van der Waals surface area contributed by atoms with Gasteiger partial charge in [0.2, 0.25) is 0 Å². The van der Waals surface area contributed by atoms with Crippen molar-refractivity contribution in [3.8, 4) is 0 Å². The van der Waals surface area contributed by atoms with Crippen molar-refractivity contribution in [2.75, 3.05) is 71.1 Å². The van der Waals surface area contributed by atoms with E-state index < -0.39 is 0 Å². The second kappa shape index (κ2) is 10.7. The Kier molecular flexibility index (Phi) is 8.04. The maximum absolute atomic E-state index is 5.83. The zero-order valence-corrected chi connectivity index (χ0v) is 16.7. The van der Waals surface area contributed by atoms with Gasteiger partial charge in [-0.2, -0.15) is 0 Å². The smallest absolute Gasteiger partial charge is 0.193 e. The summed E-state index contributed by atoms with van der Waals surface area (Å²) < 4.78 is 11.2. The molecule has 2 aliphatic rings. The molecule has 0 aliphatic carbocycles. The lowest BCUT2D eigenvalue weighted by molar-refractivity contribution is 0.0203. The van der Waals surface area contributed by atoms with Crippen LogP contribution in [0.1, 0.15) is 19.3 Å². The van der Waals surface area contributed by atoms with Crippen molar-refractivity contribution >= 4 is 22.3 Å². The molecule has 0 bridgehead atoms. The van der Waals surface area contributed by atoms with E-state index in [4.69, 9.17) is 9.47 Å². The van der Waals surface area contributed by atoms with Gasteiger partial charge < -0.3 is 24.6 Å². The Bertz CT molecular complexity index is 524. The van der Waals surface area contributed by atoms with Gasteiger partial charge in [-0.25, -0.2) is 0 Å². The highest BCUT2D eigenvalue weighted by Crippen LogP contribution is 2.22. The summed E-state index contributed by atoms with van der Waals surface area (Å²) in [4.78, 5) is 9.26. The molecule has 1 aromatic heterocycles. The van der Waals surface area contributed by atoms with Crippen molar-refractivity contribution in [2.24, 2.45) is 10.9 Å². The number of hydrogen-bond donors (Lipinski definition) is 1. The number of nitrogens with one attached hydrogen (secondary N) is 1. The Morgan fingerprint density at radius 1 is 1.31 bits per heavy atom. The Labute approximate surface area is 161 Å². The van der Waals surface area contributed by atoms with Crippen LogP contribution in [0.5, 0.6) is 0 Å². The monoisotopic (exact) mass is 380 g/mol. The Balaban J connectivity index is 1.27. The third-order valence-corrected chi connectivity index (χ3v) is 5.98. The fourth-order valence-electron chi connectivity index (χ4n) is 3.46. The number of ether oxygens (including phenoxy) is 2. The van der Waals surface area contributed by atoms with E-state index in [0.717, 1.165) is 84.4 Å². The van der Waals surface area contributed by atoms with E-state index in [1.54, 1.807) is 0 Å². The Hall–Kier alpha value is -1.31. The van der Waals surface area contributed by atoms with Crippen LogP contribution in [0.15, 0.2) is 22.5 Å². The second-order valence-electron chi connectivity index (χ2n) is 6.88. The first-order valence-electron chi connectivity index (χ1n) is 9.76. The van der Waals surface area contributed by atoms with Gasteiger partial charge in [-0.3, -0.25) is 4.99 Å². The van der Waals surface area contributed by atoms with Gasteiger partial charge in [-0.15, -0.1) is 11.3 Å². The minimum atomic E-state index is 0.684. The Morgan fingerprint density at radius 2 is 2.12 bits per heavy atom. The molecule has 2 saturated heterocycles. The van der Waals surface area contributed by atoms with Crippen molar-refractivity contribution < 1.29 is 9.47 Å². The van der Waals surface area contributed by atoms with Crippen LogP contribution in [0.25, 0.3) is 0 Å². The number of hydrogen-bond acceptors (Lipinski definition) is 5. The van der Waals surface area contributed by atoms with Crippen molar-refractivity contribution in [1.29, 1.82) is 0 Å². The molecule has 6 nitrogen and oxygen atoms in total. The predicted octanol–water partition coefficient (Wildman–Crippen LogP) is 2.28. The van der Waals surface area contributed by atoms with Crippen LogP contribution in [0.2, 0.25) is 0 Å². The molecule has 26 heavy (non-hydrogen) atoms. The highest BCUT2D eigenvalue weighted by Gasteiger charge is 2.20. The quantitative estimate of drug-likeness (QED) is 0.447. The first-order valence-corrected chi connectivity index (χ1v) is 10.6. The fourth-order valence-corrected chi connectivity index (χ4v) is 4.24. The topological polar surface area (TPSA) is 49.3 Å². The summed E-state index contributed by atoms with van der Waals surface area (Å²) in [6, 6.07) is 4.32. The molecule has 0 spiro atoms. The maximum atomic E-state index is 5.83. The summed E-state index contributed by atoms with van der Waals surface area (Å²) in [6.45, 7) is 8.51. The molecule has 0 aromatic carbocycles. The van der Waals surface area contributed by atoms with Crippen LogP contribution >= 0.6 is 11.3 Å². The van der Waals surface area contributed by atoms with E-state index in [2.05, 4.69) is 37.6 Å². The van der Waals surface area contributed by atoms with Crippen molar-refractivity contribution in [1.82, 2.24) is 10.2 Å². The van der Waals surface area contributed by atoms with Gasteiger partial charge in [0.15, 0.2) is 5.96 Å². The lowest BCUT2D eigenvalue weighted by Gasteiger charge is -2.37. The SMILES string of the molecule is CN=C(NCCCOCC1CCOCC1)N1CCN(c2cccs2)CC1. The zero-order valence-electron chi connectivity index (χ0n) is 15.9. The molecular weight excluding hydrogens is 348 g/mol. The molecule has 3 heterocycles. The van der Waals surface area contributed by atoms with E-state index in [-0.39, 0.29) is 0 Å². The van der Waals surface area contributed by atoms with Gasteiger partial charge >= 0.3 is 0 Å². The summed E-state index contributed by atoms with van der Waals surface area (Å²) in [6.07, 6.45) is 3.29. The van der Waals surface area contributed by atoms with Gasteiger partial charge in [0, 0.05) is 66.2 Å². The van der Waals surface area contributed by atoms with Crippen LogP contribution in [-0.2, 0) is 9.47 Å². The van der Waals surface area contributed by atoms with Crippen LogP contribution in [-0.4, -0.2) is 77.1 Å². The molecule has 1 N–H and O–H groups in total. The average Bonchev–Trinajstić information content (AvgIpc) is 3.23. The highest BCUT2D eigenvalue weighted by atomic mass is 32.1. The first kappa shape index (κ1) is 19.5. The standard InChI is InChI=1S/C19H32N4O2S/c1-20-19(21-7-3-12-25-16-17-5-13-24-14-6-17)23-10-8-22(9-11-23)18-4-2-15-26-18/h2,4,15,17H,3,5-14,16H2,1H3,(H,20,21). The van der Waals surface area contributed by atoms with Crippen molar-refractivity contribution in [3.63, 3.8) is 0 Å². The summed E-state index contributed by atoms with van der Waals surface area (Å²) in [5.41, 5.74) is 0. The Morgan fingerprint density at radius 3 is 2.81 bits per heavy atom. The van der Waals surface area contributed by atoms with Gasteiger partial charge in [0.25, 0.3) is 0 Å². The molecular formula is C19H32N4O2S. The molecule has 3 rings (SSSR count). The highest BCUT2D eigenvalue weighted by molar-refractivity contribution is 7.14. The molecule has 0 atom stereocenters. The largest absolute Gasteiger partial charge is 0.381 e. The van der Waals surface area contributed by atoms with Gasteiger partial charge in [-0.05, 0) is 42.7 Å². The number of nitrogens with zero attached hydrogens (tertiary/aromatic N) is 3. The van der Waals surface area contributed by atoms with Crippen molar-refractivity contribution in [2.45, 2.75) is 19.3 Å². The summed E-state index contributed by atoms with van der Waals surface area (Å²) in [5, 5.41) is 7.00. The van der Waals surface area contributed by atoms with Crippen LogP contribution in [0.3, 0.4) is 0 Å². The van der Waals surface area contributed by atoms with E-state index in [9.17, 15) is 0 Å². The number of rotatable bonds is 7. The molecule has 2 aliphatic heterocycles. The van der Waals surface area contributed by atoms with Gasteiger partial charge in [0.1, 0.15) is 0 Å². The van der Waals surface area contributed by atoms with E-state index >= 15 is 0 Å². The van der Waals surface area contributed by atoms with Crippen molar-refractivity contribution in [3.05, 3.63) is 17.5 Å². The molecule has 0 amide bonds. The number of aliphatic imine (C=N–C) groups is 1. The van der Waals surface area contributed by atoms with Crippen LogP contribution < -0.4 is 10.2 Å². The first-order chi connectivity index (χ1) is 12.9. The predicted molar refractivity (Wildman–Crippen MR) is 108 cm³/mol. The van der Waals surface area contributed by atoms with E-state index in [1.807, 2.05) is 18.4 Å². The van der Waals surface area contributed by atoms with Gasteiger partial charge in [0.05, 0.1) is 5.00 Å². The lowest BCUT2D eigenvalue weighted by Crippen LogP contribution is -2.52. The zero-order chi connectivity index (χ0) is 18.0. The fraction of sp³-hybridized carbons (Fsp3) is 0.737. The normalized spacial score (nSPS) is 19.8. The minimum absolute atomic E-state index is 0.684.